The van der Waals surface area contributed by atoms with Crippen molar-refractivity contribution in [3.05, 3.63) is 35.9 Å². The van der Waals surface area contributed by atoms with E-state index in [1.54, 1.807) is 0 Å². The zero-order chi connectivity index (χ0) is 20.4. The first-order chi connectivity index (χ1) is 14.0. The highest BCUT2D eigenvalue weighted by molar-refractivity contribution is 5.82. The van der Waals surface area contributed by atoms with Gasteiger partial charge in [-0.3, -0.25) is 19.4 Å². The summed E-state index contributed by atoms with van der Waals surface area (Å²) < 4.78 is 0. The molecule has 1 aromatic carbocycles. The molecular weight excluding hydrogens is 366 g/mol. The van der Waals surface area contributed by atoms with E-state index in [0.29, 0.717) is 6.54 Å². The van der Waals surface area contributed by atoms with Gasteiger partial charge in [0.1, 0.15) is 0 Å². The molecular formula is C23H33N3O3. The minimum atomic E-state index is -0.680. The van der Waals surface area contributed by atoms with Crippen LogP contribution in [-0.4, -0.2) is 65.0 Å². The number of amides is 1. The molecule has 1 aromatic rings. The maximum absolute atomic E-state index is 12.9. The van der Waals surface area contributed by atoms with Crippen molar-refractivity contribution in [3.8, 4) is 0 Å². The smallest absolute Gasteiger partial charge is 0.311 e. The number of carbonyl (C=O) groups is 2. The fourth-order valence-electron chi connectivity index (χ4n) is 5.54. The quantitative estimate of drug-likeness (QED) is 0.768. The Morgan fingerprint density at radius 2 is 1.93 bits per heavy atom. The number of aliphatic carboxylic acids is 1. The largest absolute Gasteiger partial charge is 0.481 e. The van der Waals surface area contributed by atoms with E-state index in [9.17, 15) is 14.7 Å². The van der Waals surface area contributed by atoms with E-state index in [2.05, 4.69) is 39.4 Å². The number of likely N-dealkylation sites (tertiary alicyclic amines) is 2. The number of nitrogens with one attached hydrogen (secondary N) is 1. The summed E-state index contributed by atoms with van der Waals surface area (Å²) in [6, 6.07) is 10.5. The molecule has 0 bridgehead atoms. The summed E-state index contributed by atoms with van der Waals surface area (Å²) in [6.45, 7) is 6.11. The average Bonchev–Trinajstić information content (AvgIpc) is 3.28. The number of carboxylic acid groups (broad SMARTS) is 1. The third-order valence-corrected chi connectivity index (χ3v) is 7.43. The van der Waals surface area contributed by atoms with Crippen LogP contribution < -0.4 is 5.32 Å². The van der Waals surface area contributed by atoms with Crippen LogP contribution in [0.4, 0.5) is 0 Å². The van der Waals surface area contributed by atoms with Crippen LogP contribution in [0, 0.1) is 11.3 Å². The summed E-state index contributed by atoms with van der Waals surface area (Å²) in [7, 11) is 0. The third kappa shape index (κ3) is 4.19. The molecule has 0 radical (unpaired) electrons. The fraction of sp³-hybridized carbons (Fsp3) is 0.652. The monoisotopic (exact) mass is 399 g/mol. The van der Waals surface area contributed by atoms with Crippen LogP contribution in [0.3, 0.4) is 0 Å². The Balaban J connectivity index is 1.25. The molecule has 1 saturated carbocycles. The van der Waals surface area contributed by atoms with Gasteiger partial charge in [-0.2, -0.15) is 0 Å². The van der Waals surface area contributed by atoms with Crippen LogP contribution in [0.1, 0.15) is 44.6 Å². The second-order valence-electron chi connectivity index (χ2n) is 9.20. The van der Waals surface area contributed by atoms with Crippen molar-refractivity contribution in [1.29, 1.82) is 0 Å². The third-order valence-electron chi connectivity index (χ3n) is 7.43. The fourth-order valence-corrected chi connectivity index (χ4v) is 5.54. The lowest BCUT2D eigenvalue weighted by Gasteiger charge is -2.34. The van der Waals surface area contributed by atoms with Crippen LogP contribution >= 0.6 is 0 Å². The first kappa shape index (κ1) is 20.4. The van der Waals surface area contributed by atoms with Gasteiger partial charge in [0.2, 0.25) is 5.91 Å². The molecule has 6 nitrogen and oxygen atoms in total. The van der Waals surface area contributed by atoms with E-state index < -0.39 is 11.4 Å². The molecule has 2 heterocycles. The maximum Gasteiger partial charge on any atom is 0.311 e. The minimum absolute atomic E-state index is 0.0482. The van der Waals surface area contributed by atoms with Gasteiger partial charge in [-0.05, 0) is 44.1 Å². The van der Waals surface area contributed by atoms with Gasteiger partial charge in [0.05, 0.1) is 11.5 Å². The van der Waals surface area contributed by atoms with Crippen LogP contribution in [0.2, 0.25) is 0 Å². The number of fused-ring (bicyclic) bond motifs is 1. The summed E-state index contributed by atoms with van der Waals surface area (Å²) in [5, 5.41) is 13.0. The standard InChI is InChI=1S/C23H33N3O3/c1-17(26-15-19-8-5-11-23(19,16-26)22(28)29)21(27)24-20-9-12-25(13-10-20)14-18-6-3-2-4-7-18/h2-4,6-7,17,19-20H,5,8-16H2,1H3,(H,24,27)(H,28,29)/t17?,19-,23+/m0/s1. The number of nitrogens with zero attached hydrogens (tertiary/aromatic N) is 2. The van der Waals surface area contributed by atoms with Crippen LogP contribution in [0.5, 0.6) is 0 Å². The Bertz CT molecular complexity index is 732. The molecule has 2 aliphatic heterocycles. The zero-order valence-corrected chi connectivity index (χ0v) is 17.3. The second-order valence-corrected chi connectivity index (χ2v) is 9.20. The highest BCUT2D eigenvalue weighted by Gasteiger charge is 2.55. The first-order valence-corrected chi connectivity index (χ1v) is 11.0. The normalized spacial score (nSPS) is 29.5. The van der Waals surface area contributed by atoms with E-state index >= 15 is 0 Å². The lowest BCUT2D eigenvalue weighted by molar-refractivity contribution is -0.149. The highest BCUT2D eigenvalue weighted by Crippen LogP contribution is 2.49. The van der Waals surface area contributed by atoms with Crippen LogP contribution in [-0.2, 0) is 16.1 Å². The van der Waals surface area contributed by atoms with Crippen LogP contribution in [0.15, 0.2) is 30.3 Å². The second kappa shape index (κ2) is 8.44. The molecule has 3 aliphatic rings. The Morgan fingerprint density at radius 3 is 2.59 bits per heavy atom. The molecule has 2 saturated heterocycles. The molecule has 6 heteroatoms. The molecule has 3 atom stereocenters. The summed E-state index contributed by atoms with van der Waals surface area (Å²) in [5.41, 5.74) is 0.702. The molecule has 3 fully saturated rings. The lowest BCUT2D eigenvalue weighted by Crippen LogP contribution is -2.51. The Kier molecular flexibility index (Phi) is 5.93. The summed E-state index contributed by atoms with van der Waals surface area (Å²) >= 11 is 0. The van der Waals surface area contributed by atoms with Gasteiger partial charge in [-0.15, -0.1) is 0 Å². The maximum atomic E-state index is 12.9. The number of rotatable bonds is 6. The molecule has 158 valence electrons. The van der Waals surface area contributed by atoms with Crippen molar-refractivity contribution in [3.63, 3.8) is 0 Å². The number of piperidine rings is 1. The summed E-state index contributed by atoms with van der Waals surface area (Å²) in [6.07, 6.45) is 4.64. The highest BCUT2D eigenvalue weighted by atomic mass is 16.4. The van der Waals surface area contributed by atoms with Gasteiger partial charge < -0.3 is 10.4 Å². The molecule has 2 N–H and O–H groups in total. The zero-order valence-electron chi connectivity index (χ0n) is 17.3. The van der Waals surface area contributed by atoms with Crippen LogP contribution in [0.25, 0.3) is 0 Å². The van der Waals surface area contributed by atoms with Gasteiger partial charge in [-0.25, -0.2) is 0 Å². The van der Waals surface area contributed by atoms with Crippen molar-refractivity contribution < 1.29 is 14.7 Å². The summed E-state index contributed by atoms with van der Waals surface area (Å²) in [4.78, 5) is 29.3. The molecule has 4 rings (SSSR count). The Labute approximate surface area is 173 Å². The van der Waals surface area contributed by atoms with Crippen molar-refractivity contribution in [1.82, 2.24) is 15.1 Å². The van der Waals surface area contributed by atoms with E-state index in [1.807, 2.05) is 13.0 Å². The Morgan fingerprint density at radius 1 is 1.21 bits per heavy atom. The molecule has 0 aromatic heterocycles. The van der Waals surface area contributed by atoms with Crippen molar-refractivity contribution >= 4 is 11.9 Å². The lowest BCUT2D eigenvalue weighted by atomic mass is 9.81. The molecule has 1 amide bonds. The predicted molar refractivity (Wildman–Crippen MR) is 111 cm³/mol. The minimum Gasteiger partial charge on any atom is -0.481 e. The van der Waals surface area contributed by atoms with Gasteiger partial charge in [-0.1, -0.05) is 36.8 Å². The van der Waals surface area contributed by atoms with E-state index in [0.717, 1.165) is 58.3 Å². The SMILES string of the molecule is CC(C(=O)NC1CCN(Cc2ccccc2)CC1)N1C[C@@H]2CCC[C@@]2(C(=O)O)C1. The number of hydrogen-bond acceptors (Lipinski definition) is 4. The number of carbonyl (C=O) groups excluding carboxylic acids is 1. The number of hydrogen-bond donors (Lipinski definition) is 2. The first-order valence-electron chi connectivity index (χ1n) is 11.0. The average molecular weight is 400 g/mol. The number of carboxylic acids is 1. The van der Waals surface area contributed by atoms with Gasteiger partial charge in [0, 0.05) is 38.8 Å². The molecule has 1 aliphatic carbocycles. The topological polar surface area (TPSA) is 72.9 Å². The molecule has 29 heavy (non-hydrogen) atoms. The Hall–Kier alpha value is -1.92. The van der Waals surface area contributed by atoms with E-state index in [4.69, 9.17) is 0 Å². The van der Waals surface area contributed by atoms with Crippen molar-refractivity contribution in [2.24, 2.45) is 11.3 Å². The molecule has 1 unspecified atom stereocenters. The molecule has 0 spiro atoms. The van der Waals surface area contributed by atoms with E-state index in [1.165, 1.54) is 5.56 Å². The van der Waals surface area contributed by atoms with Crippen molar-refractivity contribution in [2.75, 3.05) is 26.2 Å². The van der Waals surface area contributed by atoms with Gasteiger partial charge in [0.25, 0.3) is 0 Å². The van der Waals surface area contributed by atoms with Gasteiger partial charge >= 0.3 is 5.97 Å². The van der Waals surface area contributed by atoms with E-state index in [-0.39, 0.29) is 23.9 Å². The summed E-state index contributed by atoms with van der Waals surface area (Å²) in [5.74, 6) is -0.440. The van der Waals surface area contributed by atoms with Gasteiger partial charge in [0.15, 0.2) is 0 Å². The number of benzene rings is 1. The van der Waals surface area contributed by atoms with Crippen molar-refractivity contribution in [2.45, 2.75) is 57.7 Å². The predicted octanol–water partition coefficient (Wildman–Crippen LogP) is 2.34.